The standard InChI is InChI=1S/C7H5F3N2O2/c8-2-4-1-5(6(9)10)7(11-3-4)12(13)14/h1,3,6H,2H2. The van der Waals surface area contributed by atoms with E-state index in [-0.39, 0.29) is 5.56 Å². The van der Waals surface area contributed by atoms with E-state index >= 15 is 0 Å². The molecule has 0 spiro atoms. The molecule has 0 saturated carbocycles. The lowest BCUT2D eigenvalue weighted by Gasteiger charge is -2.01. The lowest BCUT2D eigenvalue weighted by Crippen LogP contribution is -2.00. The van der Waals surface area contributed by atoms with Crippen LogP contribution in [-0.4, -0.2) is 9.91 Å². The molecule has 0 aliphatic rings. The molecule has 0 fully saturated rings. The zero-order chi connectivity index (χ0) is 10.7. The van der Waals surface area contributed by atoms with Crippen LogP contribution in [0, 0.1) is 10.1 Å². The molecule has 1 aromatic rings. The van der Waals surface area contributed by atoms with Gasteiger partial charge in [-0.15, -0.1) is 0 Å². The SMILES string of the molecule is O=[N+]([O-])c1ncc(CF)cc1C(F)F. The van der Waals surface area contributed by atoms with Gasteiger partial charge in [-0.05, 0) is 16.0 Å². The Morgan fingerprint density at radius 1 is 1.57 bits per heavy atom. The molecule has 4 nitrogen and oxygen atoms in total. The van der Waals surface area contributed by atoms with Crippen LogP contribution < -0.4 is 0 Å². The third kappa shape index (κ3) is 1.98. The monoisotopic (exact) mass is 206 g/mol. The molecule has 1 rings (SSSR count). The number of halogens is 3. The Balaban J connectivity index is 3.24. The first-order valence-corrected chi connectivity index (χ1v) is 3.53. The molecule has 0 aromatic carbocycles. The highest BCUT2D eigenvalue weighted by Crippen LogP contribution is 2.27. The van der Waals surface area contributed by atoms with Gasteiger partial charge < -0.3 is 10.1 Å². The van der Waals surface area contributed by atoms with Gasteiger partial charge in [0.25, 0.3) is 6.43 Å². The van der Waals surface area contributed by atoms with Crippen LogP contribution in [0.3, 0.4) is 0 Å². The van der Waals surface area contributed by atoms with E-state index in [1.807, 2.05) is 0 Å². The van der Waals surface area contributed by atoms with Gasteiger partial charge in [-0.2, -0.15) is 0 Å². The van der Waals surface area contributed by atoms with Crippen LogP contribution in [-0.2, 0) is 6.67 Å². The zero-order valence-electron chi connectivity index (χ0n) is 6.78. The molecule has 0 bridgehead atoms. The summed E-state index contributed by atoms with van der Waals surface area (Å²) in [6.07, 6.45) is -2.17. The number of nitrogens with zero attached hydrogens (tertiary/aromatic N) is 2. The predicted molar refractivity (Wildman–Crippen MR) is 40.7 cm³/mol. The summed E-state index contributed by atoms with van der Waals surface area (Å²) < 4.78 is 36.5. The minimum Gasteiger partial charge on any atom is -0.358 e. The summed E-state index contributed by atoms with van der Waals surface area (Å²) in [5, 5.41) is 10.2. The first-order chi connectivity index (χ1) is 6.56. The fraction of sp³-hybridized carbons (Fsp3) is 0.286. The maximum Gasteiger partial charge on any atom is 0.372 e. The smallest absolute Gasteiger partial charge is 0.358 e. The molecule has 76 valence electrons. The minimum atomic E-state index is -3.03. The summed E-state index contributed by atoms with van der Waals surface area (Å²) in [6, 6.07) is 0.746. The van der Waals surface area contributed by atoms with Crippen LogP contribution >= 0.6 is 0 Å². The molecule has 1 aromatic heterocycles. The van der Waals surface area contributed by atoms with Crippen molar-refractivity contribution in [1.82, 2.24) is 4.98 Å². The minimum absolute atomic E-state index is 0.106. The van der Waals surface area contributed by atoms with Gasteiger partial charge >= 0.3 is 5.82 Å². The van der Waals surface area contributed by atoms with E-state index < -0.39 is 29.4 Å². The average molecular weight is 206 g/mol. The van der Waals surface area contributed by atoms with Crippen molar-refractivity contribution in [3.8, 4) is 0 Å². The quantitative estimate of drug-likeness (QED) is 0.563. The summed E-state index contributed by atoms with van der Waals surface area (Å²) in [6.45, 7) is -0.981. The van der Waals surface area contributed by atoms with Gasteiger partial charge in [-0.1, -0.05) is 0 Å². The van der Waals surface area contributed by atoms with E-state index in [4.69, 9.17) is 0 Å². The van der Waals surface area contributed by atoms with E-state index in [9.17, 15) is 23.3 Å². The molecular formula is C7H5F3N2O2. The summed E-state index contributed by atoms with van der Waals surface area (Å²) >= 11 is 0. The second-order valence-corrected chi connectivity index (χ2v) is 2.45. The van der Waals surface area contributed by atoms with Crippen molar-refractivity contribution >= 4 is 5.82 Å². The van der Waals surface area contributed by atoms with Crippen molar-refractivity contribution in [2.24, 2.45) is 0 Å². The highest BCUT2D eigenvalue weighted by Gasteiger charge is 2.23. The Morgan fingerprint density at radius 3 is 2.64 bits per heavy atom. The Kier molecular flexibility index (Phi) is 3.00. The fourth-order valence-electron chi connectivity index (χ4n) is 0.906. The number of hydrogen-bond acceptors (Lipinski definition) is 3. The molecule has 0 radical (unpaired) electrons. The van der Waals surface area contributed by atoms with E-state index in [1.54, 1.807) is 0 Å². The summed E-state index contributed by atoms with van der Waals surface area (Å²) in [4.78, 5) is 12.4. The van der Waals surface area contributed by atoms with Crippen LogP contribution in [0.4, 0.5) is 19.0 Å². The van der Waals surface area contributed by atoms with Gasteiger partial charge in [0.15, 0.2) is 0 Å². The van der Waals surface area contributed by atoms with Crippen molar-refractivity contribution in [1.29, 1.82) is 0 Å². The normalized spacial score (nSPS) is 10.6. The zero-order valence-corrected chi connectivity index (χ0v) is 6.78. The molecule has 0 aliphatic carbocycles. The van der Waals surface area contributed by atoms with E-state index in [2.05, 4.69) is 4.98 Å². The van der Waals surface area contributed by atoms with Crippen molar-refractivity contribution < 1.29 is 18.1 Å². The Hall–Kier alpha value is -1.66. The Bertz CT molecular complexity index is 357. The van der Waals surface area contributed by atoms with Gasteiger partial charge in [-0.3, -0.25) is 0 Å². The van der Waals surface area contributed by atoms with Crippen LogP contribution in [0.1, 0.15) is 17.6 Å². The van der Waals surface area contributed by atoms with Gasteiger partial charge in [-0.25, -0.2) is 13.2 Å². The predicted octanol–water partition coefficient (Wildman–Crippen LogP) is 2.40. The molecule has 0 N–H and O–H groups in total. The summed E-state index contributed by atoms with van der Waals surface area (Å²) in [7, 11) is 0. The Labute approximate surface area is 76.5 Å². The largest absolute Gasteiger partial charge is 0.372 e. The number of pyridine rings is 1. The topological polar surface area (TPSA) is 56.0 Å². The molecule has 0 aliphatic heterocycles. The molecular weight excluding hydrogens is 201 g/mol. The van der Waals surface area contributed by atoms with Crippen molar-refractivity contribution in [3.05, 3.63) is 33.5 Å². The van der Waals surface area contributed by atoms with Crippen LogP contribution in [0.25, 0.3) is 0 Å². The lowest BCUT2D eigenvalue weighted by atomic mass is 10.2. The molecule has 0 unspecified atom stereocenters. The van der Waals surface area contributed by atoms with Gasteiger partial charge in [0, 0.05) is 5.56 Å². The van der Waals surface area contributed by atoms with Crippen LogP contribution in [0.2, 0.25) is 0 Å². The van der Waals surface area contributed by atoms with Crippen molar-refractivity contribution in [2.45, 2.75) is 13.1 Å². The highest BCUT2D eigenvalue weighted by molar-refractivity contribution is 5.35. The highest BCUT2D eigenvalue weighted by atomic mass is 19.3. The third-order valence-electron chi connectivity index (χ3n) is 1.51. The van der Waals surface area contributed by atoms with Gasteiger partial charge in [0.1, 0.15) is 18.4 Å². The Morgan fingerprint density at radius 2 is 2.21 bits per heavy atom. The number of hydrogen-bond donors (Lipinski definition) is 0. The average Bonchev–Trinajstić information content (AvgIpc) is 2.16. The number of nitro groups is 1. The summed E-state index contributed by atoms with van der Waals surface area (Å²) in [5.41, 5.74) is -0.962. The first kappa shape index (κ1) is 10.4. The third-order valence-corrected chi connectivity index (χ3v) is 1.51. The molecule has 7 heteroatoms. The second kappa shape index (κ2) is 4.03. The van der Waals surface area contributed by atoms with E-state index in [1.165, 1.54) is 0 Å². The van der Waals surface area contributed by atoms with Crippen LogP contribution in [0.15, 0.2) is 12.3 Å². The van der Waals surface area contributed by atoms with Crippen molar-refractivity contribution in [2.75, 3.05) is 0 Å². The van der Waals surface area contributed by atoms with E-state index in [0.29, 0.717) is 0 Å². The maximum absolute atomic E-state index is 12.2. The molecule has 1 heterocycles. The first-order valence-electron chi connectivity index (χ1n) is 3.53. The maximum atomic E-state index is 12.2. The molecule has 14 heavy (non-hydrogen) atoms. The molecule has 0 saturated heterocycles. The number of aromatic nitrogens is 1. The van der Waals surface area contributed by atoms with Gasteiger partial charge in [0.05, 0.1) is 0 Å². The molecule has 0 amide bonds. The van der Waals surface area contributed by atoms with Crippen molar-refractivity contribution in [3.63, 3.8) is 0 Å². The fourth-order valence-corrected chi connectivity index (χ4v) is 0.906. The van der Waals surface area contributed by atoms with Crippen LogP contribution in [0.5, 0.6) is 0 Å². The van der Waals surface area contributed by atoms with E-state index in [0.717, 1.165) is 12.3 Å². The lowest BCUT2D eigenvalue weighted by molar-refractivity contribution is -0.391. The number of rotatable bonds is 3. The second-order valence-electron chi connectivity index (χ2n) is 2.45. The summed E-state index contributed by atoms with van der Waals surface area (Å²) in [5.74, 6) is -0.933. The number of alkyl halides is 3. The molecule has 0 atom stereocenters. The van der Waals surface area contributed by atoms with Gasteiger partial charge in [0.2, 0.25) is 0 Å².